The highest BCUT2D eigenvalue weighted by atomic mass is 16.2. The van der Waals surface area contributed by atoms with E-state index in [9.17, 15) is 4.79 Å². The zero-order valence-corrected chi connectivity index (χ0v) is 11.5. The first-order valence-corrected chi connectivity index (χ1v) is 6.79. The molecule has 2 rings (SSSR count). The van der Waals surface area contributed by atoms with Crippen molar-refractivity contribution in [2.24, 2.45) is 0 Å². The molecule has 0 radical (unpaired) electrons. The lowest BCUT2D eigenvalue weighted by Crippen LogP contribution is -2.34. The molecule has 2 N–H and O–H groups in total. The lowest BCUT2D eigenvalue weighted by atomic mass is 10.1. The highest BCUT2D eigenvalue weighted by Crippen LogP contribution is 2.18. The Morgan fingerprint density at radius 1 is 1.26 bits per heavy atom. The number of nitrogens with zero attached hydrogens (tertiary/aromatic N) is 3. The largest absolute Gasteiger partial charge is 0.356 e. The Hall–Kier alpha value is -1.85. The maximum atomic E-state index is 11.6. The van der Waals surface area contributed by atoms with Crippen LogP contribution in [0.5, 0.6) is 0 Å². The first-order chi connectivity index (χ1) is 9.15. The van der Waals surface area contributed by atoms with E-state index in [1.54, 1.807) is 0 Å². The zero-order valence-electron chi connectivity index (χ0n) is 11.5. The van der Waals surface area contributed by atoms with Crippen molar-refractivity contribution in [3.63, 3.8) is 0 Å². The molecular weight excluding hydrogens is 242 g/mol. The number of urea groups is 1. The molecule has 1 aliphatic heterocycles. The summed E-state index contributed by atoms with van der Waals surface area (Å²) in [5.74, 6) is 1.42. The molecule has 0 saturated carbocycles. The molecule has 0 aromatic carbocycles. The summed E-state index contributed by atoms with van der Waals surface area (Å²) in [5, 5.41) is 5.49. The molecule has 1 saturated heterocycles. The number of nitrogens with one attached hydrogen (secondary N) is 2. The molecule has 6 heteroatoms. The molecule has 1 aliphatic rings. The van der Waals surface area contributed by atoms with Gasteiger partial charge in [-0.3, -0.25) is 5.32 Å². The van der Waals surface area contributed by atoms with Gasteiger partial charge in [0.2, 0.25) is 0 Å². The molecule has 6 nitrogen and oxygen atoms in total. The number of aromatic nitrogens is 2. The van der Waals surface area contributed by atoms with Crippen LogP contribution < -0.4 is 15.5 Å². The number of hydrogen-bond acceptors (Lipinski definition) is 4. The molecule has 0 atom stereocenters. The Kier molecular flexibility index (Phi) is 4.54. The zero-order chi connectivity index (χ0) is 13.7. The van der Waals surface area contributed by atoms with Gasteiger partial charge in [-0.2, -0.15) is 0 Å². The molecule has 0 bridgehead atoms. The van der Waals surface area contributed by atoms with Gasteiger partial charge in [0.05, 0.1) is 0 Å². The molecule has 1 aromatic rings. The summed E-state index contributed by atoms with van der Waals surface area (Å²) >= 11 is 0. The lowest BCUT2D eigenvalue weighted by Gasteiger charge is -2.27. The Morgan fingerprint density at radius 2 is 2.00 bits per heavy atom. The van der Waals surface area contributed by atoms with Crippen molar-refractivity contribution >= 4 is 17.7 Å². The van der Waals surface area contributed by atoms with Crippen LogP contribution in [0, 0.1) is 0 Å². The molecule has 0 spiro atoms. The quantitative estimate of drug-likeness (QED) is 0.875. The van der Waals surface area contributed by atoms with Crippen LogP contribution in [-0.2, 0) is 0 Å². The molecule has 104 valence electrons. The average molecular weight is 263 g/mol. The highest BCUT2D eigenvalue weighted by Gasteiger charge is 2.13. The minimum Gasteiger partial charge on any atom is -0.356 e. The standard InChI is InChI=1S/C13H21N5O/c1-10(2)16-13(19)17-11-8-12(15-9-14-11)18-6-4-3-5-7-18/h8-10H,3-7H2,1-2H3,(H2,14,15,16,17,19). The topological polar surface area (TPSA) is 70.2 Å². The Bertz CT molecular complexity index is 429. The van der Waals surface area contributed by atoms with Gasteiger partial charge >= 0.3 is 6.03 Å². The second-order valence-corrected chi connectivity index (χ2v) is 5.06. The van der Waals surface area contributed by atoms with Gasteiger partial charge in [-0.25, -0.2) is 14.8 Å². The van der Waals surface area contributed by atoms with Crippen LogP contribution in [0.15, 0.2) is 12.4 Å². The van der Waals surface area contributed by atoms with Crippen molar-refractivity contribution in [1.82, 2.24) is 15.3 Å². The van der Waals surface area contributed by atoms with E-state index < -0.39 is 0 Å². The van der Waals surface area contributed by atoms with Gasteiger partial charge in [-0.15, -0.1) is 0 Å². The fourth-order valence-corrected chi connectivity index (χ4v) is 2.13. The van der Waals surface area contributed by atoms with Gasteiger partial charge < -0.3 is 10.2 Å². The summed E-state index contributed by atoms with van der Waals surface area (Å²) in [7, 11) is 0. The maximum Gasteiger partial charge on any atom is 0.320 e. The van der Waals surface area contributed by atoms with E-state index in [2.05, 4.69) is 25.5 Å². The molecule has 1 aromatic heterocycles. The number of carbonyl (C=O) groups is 1. The van der Waals surface area contributed by atoms with E-state index in [1.165, 1.54) is 25.6 Å². The predicted octanol–water partition coefficient (Wildman–Crippen LogP) is 2.00. The molecule has 0 aliphatic carbocycles. The Labute approximate surface area is 113 Å². The van der Waals surface area contributed by atoms with Crippen molar-refractivity contribution < 1.29 is 4.79 Å². The minimum absolute atomic E-state index is 0.100. The molecule has 0 unspecified atom stereocenters. The number of rotatable bonds is 3. The number of piperidine rings is 1. The van der Waals surface area contributed by atoms with E-state index in [0.717, 1.165) is 18.9 Å². The van der Waals surface area contributed by atoms with Crippen LogP contribution in [0.1, 0.15) is 33.1 Å². The second-order valence-electron chi connectivity index (χ2n) is 5.06. The maximum absolute atomic E-state index is 11.6. The van der Waals surface area contributed by atoms with Crippen LogP contribution >= 0.6 is 0 Å². The van der Waals surface area contributed by atoms with E-state index in [1.807, 2.05) is 19.9 Å². The third-order valence-electron chi connectivity index (χ3n) is 2.99. The third kappa shape index (κ3) is 4.08. The van der Waals surface area contributed by atoms with Gasteiger partial charge in [-0.05, 0) is 33.1 Å². The van der Waals surface area contributed by atoms with Crippen LogP contribution in [-0.4, -0.2) is 35.1 Å². The highest BCUT2D eigenvalue weighted by molar-refractivity contribution is 5.88. The fourth-order valence-electron chi connectivity index (χ4n) is 2.13. The van der Waals surface area contributed by atoms with Crippen LogP contribution in [0.3, 0.4) is 0 Å². The van der Waals surface area contributed by atoms with Crippen molar-refractivity contribution in [1.29, 1.82) is 0 Å². The molecule has 2 heterocycles. The summed E-state index contributed by atoms with van der Waals surface area (Å²) in [6.07, 6.45) is 5.17. The normalized spacial score (nSPS) is 15.4. The summed E-state index contributed by atoms with van der Waals surface area (Å²) in [5.41, 5.74) is 0. The number of hydrogen-bond donors (Lipinski definition) is 2. The SMILES string of the molecule is CC(C)NC(=O)Nc1cc(N2CCCCC2)ncn1. The van der Waals surface area contributed by atoms with E-state index in [-0.39, 0.29) is 12.1 Å². The van der Waals surface area contributed by atoms with E-state index in [0.29, 0.717) is 5.82 Å². The predicted molar refractivity (Wildman–Crippen MR) is 75.4 cm³/mol. The Balaban J connectivity index is 2.00. The van der Waals surface area contributed by atoms with E-state index >= 15 is 0 Å². The van der Waals surface area contributed by atoms with Crippen molar-refractivity contribution in [3.8, 4) is 0 Å². The van der Waals surface area contributed by atoms with Crippen LogP contribution in [0.2, 0.25) is 0 Å². The second kappa shape index (κ2) is 6.36. The molecule has 19 heavy (non-hydrogen) atoms. The molecular formula is C13H21N5O. The summed E-state index contributed by atoms with van der Waals surface area (Å²) in [6, 6.07) is 1.69. The first-order valence-electron chi connectivity index (χ1n) is 6.79. The van der Waals surface area contributed by atoms with Crippen molar-refractivity contribution in [3.05, 3.63) is 12.4 Å². The number of amides is 2. The van der Waals surface area contributed by atoms with Gasteiger partial charge in [0.25, 0.3) is 0 Å². The van der Waals surface area contributed by atoms with Crippen molar-refractivity contribution in [2.45, 2.75) is 39.2 Å². The molecule has 1 fully saturated rings. The summed E-state index contributed by atoms with van der Waals surface area (Å²) in [4.78, 5) is 22.2. The van der Waals surface area contributed by atoms with Gasteiger partial charge in [-0.1, -0.05) is 0 Å². The van der Waals surface area contributed by atoms with Gasteiger partial charge in [0.1, 0.15) is 18.0 Å². The fraction of sp³-hybridized carbons (Fsp3) is 0.615. The van der Waals surface area contributed by atoms with Crippen molar-refractivity contribution in [2.75, 3.05) is 23.3 Å². The van der Waals surface area contributed by atoms with Gasteiger partial charge in [0.15, 0.2) is 0 Å². The first kappa shape index (κ1) is 13.6. The van der Waals surface area contributed by atoms with Gasteiger partial charge in [0, 0.05) is 25.2 Å². The summed E-state index contributed by atoms with van der Waals surface area (Å²) in [6.45, 7) is 5.88. The van der Waals surface area contributed by atoms with E-state index in [4.69, 9.17) is 0 Å². The monoisotopic (exact) mass is 263 g/mol. The smallest absolute Gasteiger partial charge is 0.320 e. The van der Waals surface area contributed by atoms with Crippen LogP contribution in [0.4, 0.5) is 16.4 Å². The summed E-state index contributed by atoms with van der Waals surface area (Å²) < 4.78 is 0. The Morgan fingerprint density at radius 3 is 2.68 bits per heavy atom. The number of anilines is 2. The number of carbonyl (C=O) groups excluding carboxylic acids is 1. The molecule has 2 amide bonds. The third-order valence-corrected chi connectivity index (χ3v) is 2.99. The minimum atomic E-state index is -0.238. The lowest BCUT2D eigenvalue weighted by molar-refractivity contribution is 0.250. The average Bonchev–Trinajstić information content (AvgIpc) is 2.39. The van der Waals surface area contributed by atoms with Crippen LogP contribution in [0.25, 0.3) is 0 Å².